The van der Waals surface area contributed by atoms with E-state index in [4.69, 9.17) is 0 Å². The molecule has 11 heteroatoms. The number of hydrogen-bond acceptors (Lipinski definition) is 8. The number of hydrogen-bond donors (Lipinski definition) is 4. The number of pyridine rings is 1. The highest BCUT2D eigenvalue weighted by Crippen LogP contribution is 2.39. The van der Waals surface area contributed by atoms with Crippen LogP contribution in [0, 0.1) is 22.7 Å². The molecular formula is C24H32N6O4S. The Morgan fingerprint density at radius 2 is 2.06 bits per heavy atom. The Balaban J connectivity index is 1.71. The van der Waals surface area contributed by atoms with Crippen molar-refractivity contribution < 1.29 is 19.5 Å². The molecule has 2 heterocycles. The zero-order chi connectivity index (χ0) is 25.8. The van der Waals surface area contributed by atoms with Crippen molar-refractivity contribution in [3.63, 3.8) is 0 Å². The Bertz CT molecular complexity index is 1050. The van der Waals surface area contributed by atoms with Crippen molar-refractivity contribution in [2.24, 2.45) is 11.3 Å². The van der Waals surface area contributed by atoms with Gasteiger partial charge >= 0.3 is 0 Å². The number of amides is 3. The molecule has 1 saturated heterocycles. The maximum absolute atomic E-state index is 13.0. The molecule has 2 fully saturated rings. The molecule has 35 heavy (non-hydrogen) atoms. The second kappa shape index (κ2) is 11.1. The molecule has 4 atom stereocenters. The van der Waals surface area contributed by atoms with Crippen LogP contribution in [0.2, 0.25) is 0 Å². The molecule has 2 aliphatic rings. The zero-order valence-electron chi connectivity index (χ0n) is 20.4. The lowest BCUT2D eigenvalue weighted by atomic mass is 9.96. The minimum absolute atomic E-state index is 0.172. The molecule has 1 aliphatic carbocycles. The van der Waals surface area contributed by atoms with Gasteiger partial charge in [-0.2, -0.15) is 5.26 Å². The summed E-state index contributed by atoms with van der Waals surface area (Å²) < 4.78 is 0. The third kappa shape index (κ3) is 6.32. The van der Waals surface area contributed by atoms with Crippen molar-refractivity contribution in [1.29, 1.82) is 5.26 Å². The summed E-state index contributed by atoms with van der Waals surface area (Å²) in [7, 11) is 0. The number of aliphatic hydroxyl groups is 1. The summed E-state index contributed by atoms with van der Waals surface area (Å²) in [6.45, 7) is 7.53. The standard InChI is InChI=1S/C24H32N6O4S/c1-5-30-21(33)17(13-26-18-10-7-11-19(28-18)29-23(34)24(2,3)4)35-22(30)14(12-25)20(32)27-15-8-6-9-16(15)31/h7,10-11,13-16,22,31H,5-6,8-9H2,1-4H3,(H,27,32)(H2,26,28,29,34)/b17-13+/t14?,15-,16-,22?/m0/s1. The fraction of sp³-hybridized carbons (Fsp3) is 0.542. The molecular weight excluding hydrogens is 468 g/mol. The van der Waals surface area contributed by atoms with Crippen molar-refractivity contribution in [2.75, 3.05) is 17.2 Å². The van der Waals surface area contributed by atoms with Crippen LogP contribution in [0.1, 0.15) is 47.0 Å². The van der Waals surface area contributed by atoms with Crippen LogP contribution >= 0.6 is 11.8 Å². The first-order valence-electron chi connectivity index (χ1n) is 11.7. The lowest BCUT2D eigenvalue weighted by molar-refractivity contribution is -0.129. The normalized spacial score (nSPS) is 24.2. The first kappa shape index (κ1) is 26.5. The number of aliphatic hydroxyl groups excluding tert-OH is 1. The average molecular weight is 501 g/mol. The number of aromatic nitrogens is 1. The predicted octanol–water partition coefficient (Wildman–Crippen LogP) is 2.41. The van der Waals surface area contributed by atoms with Gasteiger partial charge in [0.2, 0.25) is 11.8 Å². The predicted molar refractivity (Wildman–Crippen MR) is 134 cm³/mol. The van der Waals surface area contributed by atoms with Crippen molar-refractivity contribution in [3.8, 4) is 6.07 Å². The van der Waals surface area contributed by atoms with Gasteiger partial charge in [0.25, 0.3) is 5.91 Å². The number of likely N-dealkylation sites (N-methyl/N-ethyl adjacent to an activating group) is 1. The summed E-state index contributed by atoms with van der Waals surface area (Å²) in [5, 5.41) is 27.6. The molecule has 0 radical (unpaired) electrons. The summed E-state index contributed by atoms with van der Waals surface area (Å²) in [4.78, 5) is 44.2. The summed E-state index contributed by atoms with van der Waals surface area (Å²) in [6, 6.07) is 6.76. The highest BCUT2D eigenvalue weighted by molar-refractivity contribution is 8.05. The molecule has 1 aromatic rings. The van der Waals surface area contributed by atoms with Gasteiger partial charge in [-0.05, 0) is 38.3 Å². The minimum Gasteiger partial charge on any atom is -0.391 e. The van der Waals surface area contributed by atoms with E-state index in [1.165, 1.54) is 11.1 Å². The molecule has 0 aromatic carbocycles. The van der Waals surface area contributed by atoms with E-state index >= 15 is 0 Å². The quantitative estimate of drug-likeness (QED) is 0.417. The minimum atomic E-state index is -1.09. The summed E-state index contributed by atoms with van der Waals surface area (Å²) in [6.07, 6.45) is 2.98. The van der Waals surface area contributed by atoms with E-state index in [-0.39, 0.29) is 17.9 Å². The molecule has 4 N–H and O–H groups in total. The van der Waals surface area contributed by atoms with E-state index in [0.29, 0.717) is 35.9 Å². The van der Waals surface area contributed by atoms with Crippen molar-refractivity contribution in [2.45, 2.75) is 64.5 Å². The average Bonchev–Trinajstić information content (AvgIpc) is 3.34. The number of nitriles is 1. The van der Waals surface area contributed by atoms with Crippen LogP contribution in [-0.2, 0) is 14.4 Å². The Morgan fingerprint density at radius 3 is 2.66 bits per heavy atom. The van der Waals surface area contributed by atoms with Gasteiger partial charge in [-0.1, -0.05) is 38.6 Å². The molecule has 0 bridgehead atoms. The summed E-state index contributed by atoms with van der Waals surface area (Å²) >= 11 is 1.14. The monoisotopic (exact) mass is 500 g/mol. The second-order valence-electron chi connectivity index (χ2n) is 9.58. The number of anilines is 2. The highest BCUT2D eigenvalue weighted by Gasteiger charge is 2.44. The number of nitrogens with one attached hydrogen (secondary N) is 3. The van der Waals surface area contributed by atoms with Gasteiger partial charge in [0.05, 0.1) is 23.1 Å². The van der Waals surface area contributed by atoms with E-state index in [2.05, 4.69) is 20.9 Å². The molecule has 2 unspecified atom stereocenters. The van der Waals surface area contributed by atoms with Gasteiger partial charge in [-0.25, -0.2) is 4.98 Å². The van der Waals surface area contributed by atoms with Gasteiger partial charge in [0, 0.05) is 18.2 Å². The summed E-state index contributed by atoms with van der Waals surface area (Å²) in [5.74, 6) is -1.23. The fourth-order valence-electron chi connectivity index (χ4n) is 3.83. The van der Waals surface area contributed by atoms with Gasteiger partial charge in [-0.15, -0.1) is 0 Å². The zero-order valence-corrected chi connectivity index (χ0v) is 21.2. The third-order valence-corrected chi connectivity index (χ3v) is 7.22. The van der Waals surface area contributed by atoms with E-state index in [9.17, 15) is 24.8 Å². The molecule has 3 amide bonds. The van der Waals surface area contributed by atoms with Crippen LogP contribution in [0.25, 0.3) is 0 Å². The number of rotatable bonds is 7. The highest BCUT2D eigenvalue weighted by atomic mass is 32.2. The third-order valence-electron chi connectivity index (χ3n) is 5.90. The van der Waals surface area contributed by atoms with Crippen LogP contribution in [-0.4, -0.2) is 56.8 Å². The summed E-state index contributed by atoms with van der Waals surface area (Å²) in [5.41, 5.74) is -0.571. The Kier molecular flexibility index (Phi) is 8.40. The van der Waals surface area contributed by atoms with Crippen molar-refractivity contribution >= 4 is 41.1 Å². The molecule has 0 spiro atoms. The second-order valence-corrected chi connectivity index (χ2v) is 10.7. The molecule has 1 aliphatic heterocycles. The lowest BCUT2D eigenvalue weighted by Crippen LogP contribution is -2.48. The molecule has 188 valence electrons. The fourth-order valence-corrected chi connectivity index (χ4v) is 5.13. The van der Waals surface area contributed by atoms with Crippen LogP contribution < -0.4 is 16.0 Å². The molecule has 1 saturated carbocycles. The number of carbonyl (C=O) groups is 3. The van der Waals surface area contributed by atoms with Crippen LogP contribution in [0.4, 0.5) is 11.6 Å². The Hall–Kier alpha value is -3.10. The van der Waals surface area contributed by atoms with Gasteiger partial charge in [0.15, 0.2) is 5.92 Å². The number of carbonyl (C=O) groups excluding carboxylic acids is 3. The van der Waals surface area contributed by atoms with Crippen molar-refractivity contribution in [3.05, 3.63) is 29.3 Å². The van der Waals surface area contributed by atoms with Gasteiger partial charge in [-0.3, -0.25) is 14.4 Å². The molecule has 10 nitrogen and oxygen atoms in total. The number of nitrogens with zero attached hydrogens (tertiary/aromatic N) is 3. The maximum Gasteiger partial charge on any atom is 0.262 e. The van der Waals surface area contributed by atoms with Crippen LogP contribution in [0.5, 0.6) is 0 Å². The van der Waals surface area contributed by atoms with E-state index in [1.54, 1.807) is 45.9 Å². The van der Waals surface area contributed by atoms with Gasteiger partial charge < -0.3 is 26.0 Å². The maximum atomic E-state index is 13.0. The smallest absolute Gasteiger partial charge is 0.262 e. The lowest BCUT2D eigenvalue weighted by Gasteiger charge is -2.26. The topological polar surface area (TPSA) is 147 Å². The Labute approximate surface area is 209 Å². The largest absolute Gasteiger partial charge is 0.391 e. The van der Waals surface area contributed by atoms with Crippen LogP contribution in [0.3, 0.4) is 0 Å². The first-order chi connectivity index (χ1) is 16.5. The van der Waals surface area contributed by atoms with E-state index in [1.807, 2.05) is 6.07 Å². The molecule has 3 rings (SSSR count). The van der Waals surface area contributed by atoms with E-state index < -0.39 is 28.7 Å². The molecule has 1 aromatic heterocycles. The van der Waals surface area contributed by atoms with E-state index in [0.717, 1.165) is 18.2 Å². The Morgan fingerprint density at radius 1 is 1.34 bits per heavy atom. The first-order valence-corrected chi connectivity index (χ1v) is 12.5. The SMILES string of the molecule is CCN1C(=O)/C(=C\Nc2cccc(NC(=O)C(C)(C)C)n2)SC1C(C#N)C(=O)N[C@H]1CCC[C@@H]1O. The van der Waals surface area contributed by atoms with Crippen molar-refractivity contribution in [1.82, 2.24) is 15.2 Å². The van der Waals surface area contributed by atoms with Gasteiger partial charge in [0.1, 0.15) is 17.0 Å². The van der Waals surface area contributed by atoms with Crippen LogP contribution in [0.15, 0.2) is 29.3 Å². The number of thioether (sulfide) groups is 1.